The first-order chi connectivity index (χ1) is 10.0. The van der Waals surface area contributed by atoms with Gasteiger partial charge in [0.25, 0.3) is 5.91 Å². The molecular formula is C16H25N3O2. The summed E-state index contributed by atoms with van der Waals surface area (Å²) in [6, 6.07) is 7.29. The molecule has 0 aliphatic carbocycles. The number of rotatable bonds is 7. The number of benzene rings is 1. The molecule has 0 heterocycles. The Morgan fingerprint density at radius 2 is 1.71 bits per heavy atom. The van der Waals surface area contributed by atoms with Gasteiger partial charge in [-0.1, -0.05) is 31.0 Å². The zero-order valence-electron chi connectivity index (χ0n) is 13.1. The van der Waals surface area contributed by atoms with E-state index in [9.17, 15) is 9.59 Å². The fraction of sp³-hybridized carbons (Fsp3) is 0.500. The van der Waals surface area contributed by atoms with E-state index in [1.54, 1.807) is 24.1 Å². The van der Waals surface area contributed by atoms with Crippen LogP contribution in [0.1, 0.15) is 35.7 Å². The molecule has 0 atom stereocenters. The number of aryl methyl sites for hydroxylation is 1. The Hall–Kier alpha value is -2.04. The molecule has 0 saturated carbocycles. The number of unbranched alkanes of at least 4 members (excludes halogenated alkanes) is 1. The maximum Gasteiger partial charge on any atom is 0.317 e. The number of nitrogens with zero attached hydrogens (tertiary/aromatic N) is 1. The number of carbonyl (C=O) groups is 2. The Kier molecular flexibility index (Phi) is 7.29. The van der Waals surface area contributed by atoms with Gasteiger partial charge in [0.1, 0.15) is 0 Å². The molecule has 5 heteroatoms. The predicted octanol–water partition coefficient (Wildman–Crippen LogP) is 2.17. The van der Waals surface area contributed by atoms with Crippen molar-refractivity contribution in [1.29, 1.82) is 0 Å². The lowest BCUT2D eigenvalue weighted by Gasteiger charge is -2.17. The van der Waals surface area contributed by atoms with Crippen LogP contribution in [-0.2, 0) is 0 Å². The first-order valence-electron chi connectivity index (χ1n) is 7.38. The van der Waals surface area contributed by atoms with Crippen molar-refractivity contribution >= 4 is 11.9 Å². The van der Waals surface area contributed by atoms with Gasteiger partial charge in [-0.15, -0.1) is 0 Å². The monoisotopic (exact) mass is 291 g/mol. The first kappa shape index (κ1) is 17.0. The van der Waals surface area contributed by atoms with E-state index in [2.05, 4.69) is 17.6 Å². The van der Waals surface area contributed by atoms with E-state index in [0.29, 0.717) is 18.7 Å². The van der Waals surface area contributed by atoms with Crippen LogP contribution in [0.5, 0.6) is 0 Å². The predicted molar refractivity (Wildman–Crippen MR) is 84.4 cm³/mol. The van der Waals surface area contributed by atoms with Crippen molar-refractivity contribution in [2.75, 3.05) is 26.7 Å². The number of urea groups is 1. The van der Waals surface area contributed by atoms with E-state index in [4.69, 9.17) is 0 Å². The standard InChI is InChI=1S/C16H25N3O2/c1-4-5-12-19(3)16(21)18-11-10-17-15(20)14-8-6-13(2)7-9-14/h6-9H,4-5,10-12H2,1-3H3,(H,17,20)(H,18,21). The Bertz CT molecular complexity index is 457. The van der Waals surface area contributed by atoms with Gasteiger partial charge in [-0.25, -0.2) is 4.79 Å². The van der Waals surface area contributed by atoms with Crippen LogP contribution >= 0.6 is 0 Å². The Morgan fingerprint density at radius 1 is 1.10 bits per heavy atom. The third-order valence-electron chi connectivity index (χ3n) is 3.19. The molecule has 2 N–H and O–H groups in total. The third kappa shape index (κ3) is 6.29. The third-order valence-corrected chi connectivity index (χ3v) is 3.19. The fourth-order valence-corrected chi connectivity index (χ4v) is 1.78. The van der Waals surface area contributed by atoms with Gasteiger partial charge in [0.2, 0.25) is 0 Å². The minimum atomic E-state index is -0.122. The maximum absolute atomic E-state index is 11.8. The highest BCUT2D eigenvalue weighted by atomic mass is 16.2. The van der Waals surface area contributed by atoms with Gasteiger partial charge in [-0.2, -0.15) is 0 Å². The average molecular weight is 291 g/mol. The SMILES string of the molecule is CCCCN(C)C(=O)NCCNC(=O)c1ccc(C)cc1. The van der Waals surface area contributed by atoms with Crippen molar-refractivity contribution in [2.24, 2.45) is 0 Å². The first-order valence-corrected chi connectivity index (χ1v) is 7.38. The summed E-state index contributed by atoms with van der Waals surface area (Å²) in [6.45, 7) is 5.66. The molecule has 0 radical (unpaired) electrons. The van der Waals surface area contributed by atoms with Crippen LogP contribution < -0.4 is 10.6 Å². The highest BCUT2D eigenvalue weighted by Gasteiger charge is 2.07. The van der Waals surface area contributed by atoms with Crippen LogP contribution in [0.15, 0.2) is 24.3 Å². The molecular weight excluding hydrogens is 266 g/mol. The zero-order chi connectivity index (χ0) is 15.7. The molecule has 1 aromatic carbocycles. The Morgan fingerprint density at radius 3 is 2.33 bits per heavy atom. The second-order valence-corrected chi connectivity index (χ2v) is 5.13. The molecule has 5 nitrogen and oxygen atoms in total. The summed E-state index contributed by atoms with van der Waals surface area (Å²) in [6.07, 6.45) is 2.05. The number of carbonyl (C=O) groups excluding carboxylic acids is 2. The molecule has 0 bridgehead atoms. The number of hydrogen-bond donors (Lipinski definition) is 2. The largest absolute Gasteiger partial charge is 0.350 e. The molecule has 21 heavy (non-hydrogen) atoms. The van der Waals surface area contributed by atoms with Gasteiger partial charge in [0, 0.05) is 32.2 Å². The second kappa shape index (κ2) is 9.00. The molecule has 0 aliphatic heterocycles. The summed E-state index contributed by atoms with van der Waals surface area (Å²) in [5.74, 6) is -0.122. The van der Waals surface area contributed by atoms with Gasteiger partial charge in [-0.3, -0.25) is 4.79 Å². The summed E-state index contributed by atoms with van der Waals surface area (Å²) in [4.78, 5) is 25.2. The molecule has 0 aliphatic rings. The van der Waals surface area contributed by atoms with Gasteiger partial charge in [0.15, 0.2) is 0 Å². The van der Waals surface area contributed by atoms with Crippen LogP contribution in [0.2, 0.25) is 0 Å². The lowest BCUT2D eigenvalue weighted by molar-refractivity contribution is 0.0953. The topological polar surface area (TPSA) is 61.4 Å². The quantitative estimate of drug-likeness (QED) is 0.756. The molecule has 0 aromatic heterocycles. The van der Waals surface area contributed by atoms with E-state index in [1.807, 2.05) is 19.1 Å². The highest BCUT2D eigenvalue weighted by Crippen LogP contribution is 2.02. The van der Waals surface area contributed by atoms with Crippen molar-refractivity contribution in [3.63, 3.8) is 0 Å². The Labute approximate surface area is 126 Å². The molecule has 3 amide bonds. The van der Waals surface area contributed by atoms with Gasteiger partial charge >= 0.3 is 6.03 Å². The van der Waals surface area contributed by atoms with E-state index >= 15 is 0 Å². The molecule has 1 rings (SSSR count). The molecule has 0 saturated heterocycles. The molecule has 116 valence electrons. The van der Waals surface area contributed by atoms with Crippen molar-refractivity contribution in [3.05, 3.63) is 35.4 Å². The van der Waals surface area contributed by atoms with E-state index < -0.39 is 0 Å². The van der Waals surface area contributed by atoms with E-state index in [-0.39, 0.29) is 11.9 Å². The summed E-state index contributed by atoms with van der Waals surface area (Å²) in [5, 5.41) is 5.56. The lowest BCUT2D eigenvalue weighted by Crippen LogP contribution is -2.41. The highest BCUT2D eigenvalue weighted by molar-refractivity contribution is 5.94. The minimum Gasteiger partial charge on any atom is -0.350 e. The van der Waals surface area contributed by atoms with Crippen molar-refractivity contribution in [1.82, 2.24) is 15.5 Å². The van der Waals surface area contributed by atoms with E-state index in [0.717, 1.165) is 24.9 Å². The van der Waals surface area contributed by atoms with Crippen LogP contribution in [-0.4, -0.2) is 43.5 Å². The average Bonchev–Trinajstić information content (AvgIpc) is 2.49. The lowest BCUT2D eigenvalue weighted by atomic mass is 10.1. The van der Waals surface area contributed by atoms with Gasteiger partial charge in [0.05, 0.1) is 0 Å². The maximum atomic E-state index is 11.8. The summed E-state index contributed by atoms with van der Waals surface area (Å²) in [7, 11) is 1.77. The minimum absolute atomic E-state index is 0.104. The number of hydrogen-bond acceptors (Lipinski definition) is 2. The van der Waals surface area contributed by atoms with Crippen molar-refractivity contribution in [3.8, 4) is 0 Å². The normalized spacial score (nSPS) is 10.0. The van der Waals surface area contributed by atoms with Crippen LogP contribution in [0.25, 0.3) is 0 Å². The Balaban J connectivity index is 2.23. The summed E-state index contributed by atoms with van der Waals surface area (Å²) >= 11 is 0. The van der Waals surface area contributed by atoms with Crippen LogP contribution in [0.3, 0.4) is 0 Å². The van der Waals surface area contributed by atoms with Gasteiger partial charge in [-0.05, 0) is 25.5 Å². The van der Waals surface area contributed by atoms with E-state index in [1.165, 1.54) is 0 Å². The van der Waals surface area contributed by atoms with Crippen molar-refractivity contribution < 1.29 is 9.59 Å². The number of amides is 3. The number of nitrogens with one attached hydrogen (secondary N) is 2. The molecule has 0 spiro atoms. The van der Waals surface area contributed by atoms with Crippen molar-refractivity contribution in [2.45, 2.75) is 26.7 Å². The summed E-state index contributed by atoms with van der Waals surface area (Å²) < 4.78 is 0. The smallest absolute Gasteiger partial charge is 0.317 e. The van der Waals surface area contributed by atoms with Crippen LogP contribution in [0.4, 0.5) is 4.79 Å². The zero-order valence-corrected chi connectivity index (χ0v) is 13.1. The van der Waals surface area contributed by atoms with Crippen LogP contribution in [0, 0.1) is 6.92 Å². The molecule has 0 fully saturated rings. The second-order valence-electron chi connectivity index (χ2n) is 5.13. The molecule has 1 aromatic rings. The molecule has 0 unspecified atom stereocenters. The fourth-order valence-electron chi connectivity index (χ4n) is 1.78. The van der Waals surface area contributed by atoms with Gasteiger partial charge < -0.3 is 15.5 Å². The summed E-state index contributed by atoms with van der Waals surface area (Å²) in [5.41, 5.74) is 1.75.